The van der Waals surface area contributed by atoms with Crippen molar-refractivity contribution in [2.45, 2.75) is 37.4 Å². The number of carbonyl (C=O) groups is 1. The zero-order chi connectivity index (χ0) is 21.7. The molecule has 0 aliphatic carbocycles. The predicted molar refractivity (Wildman–Crippen MR) is 102 cm³/mol. The number of alkyl halides is 3. The number of anilines is 1. The topological polar surface area (TPSA) is 84.5 Å². The largest absolute Gasteiger partial charge is 0.484 e. The van der Waals surface area contributed by atoms with Crippen molar-refractivity contribution in [1.29, 1.82) is 0 Å². The molecule has 0 radical (unpaired) electrons. The second-order valence-corrected chi connectivity index (χ2v) is 8.00. The van der Waals surface area contributed by atoms with Crippen LogP contribution in [0.2, 0.25) is 0 Å². The Balaban J connectivity index is 2.04. The van der Waals surface area contributed by atoms with Gasteiger partial charge in [-0.15, -0.1) is 0 Å². The van der Waals surface area contributed by atoms with Gasteiger partial charge in [0.15, 0.2) is 6.61 Å². The summed E-state index contributed by atoms with van der Waals surface area (Å²) in [6, 6.07) is 9.10. The van der Waals surface area contributed by atoms with Gasteiger partial charge in [0.25, 0.3) is 15.9 Å². The monoisotopic (exact) mass is 430 g/mol. The summed E-state index contributed by atoms with van der Waals surface area (Å²) >= 11 is 0. The summed E-state index contributed by atoms with van der Waals surface area (Å²) < 4.78 is 70.5. The number of hydrogen-bond acceptors (Lipinski definition) is 4. The van der Waals surface area contributed by atoms with Crippen LogP contribution in [0.4, 0.5) is 18.9 Å². The highest BCUT2D eigenvalue weighted by Crippen LogP contribution is 2.31. The fourth-order valence-corrected chi connectivity index (χ4v) is 3.31. The zero-order valence-electron chi connectivity index (χ0n) is 15.8. The third-order valence-corrected chi connectivity index (χ3v) is 5.36. The Bertz CT molecular complexity index is 945. The van der Waals surface area contributed by atoms with E-state index in [0.29, 0.717) is 6.07 Å². The quantitative estimate of drug-likeness (QED) is 0.667. The van der Waals surface area contributed by atoms with E-state index < -0.39 is 21.8 Å². The maximum absolute atomic E-state index is 12.8. The lowest BCUT2D eigenvalue weighted by atomic mass is 10.2. The first-order chi connectivity index (χ1) is 13.5. The number of carbonyl (C=O) groups excluding carboxylic acids is 1. The van der Waals surface area contributed by atoms with Gasteiger partial charge in [-0.25, -0.2) is 8.42 Å². The Hall–Kier alpha value is -2.75. The molecule has 0 fully saturated rings. The lowest BCUT2D eigenvalue weighted by Gasteiger charge is -2.13. The number of benzene rings is 2. The minimum Gasteiger partial charge on any atom is -0.484 e. The maximum atomic E-state index is 12.8. The molecule has 2 rings (SSSR count). The van der Waals surface area contributed by atoms with E-state index in [4.69, 9.17) is 4.74 Å². The van der Waals surface area contributed by atoms with Crippen molar-refractivity contribution < 1.29 is 31.1 Å². The smallest absolute Gasteiger partial charge is 0.416 e. The van der Waals surface area contributed by atoms with Crippen molar-refractivity contribution in [1.82, 2.24) is 5.32 Å². The molecule has 10 heteroatoms. The van der Waals surface area contributed by atoms with Crippen molar-refractivity contribution in [2.75, 3.05) is 11.3 Å². The van der Waals surface area contributed by atoms with E-state index in [1.807, 2.05) is 13.8 Å². The molecule has 0 aliphatic rings. The Morgan fingerprint density at radius 2 is 1.79 bits per heavy atom. The number of sulfonamides is 1. The summed E-state index contributed by atoms with van der Waals surface area (Å²) in [6.07, 6.45) is -3.81. The zero-order valence-corrected chi connectivity index (χ0v) is 16.6. The van der Waals surface area contributed by atoms with Gasteiger partial charge in [0.1, 0.15) is 5.75 Å². The fraction of sp³-hybridized carbons (Fsp3) is 0.316. The van der Waals surface area contributed by atoms with Crippen LogP contribution in [0.25, 0.3) is 0 Å². The van der Waals surface area contributed by atoms with Gasteiger partial charge in [0.2, 0.25) is 0 Å². The van der Waals surface area contributed by atoms with Crippen LogP contribution in [-0.4, -0.2) is 27.0 Å². The second kappa shape index (κ2) is 9.17. The molecule has 0 saturated carbocycles. The Morgan fingerprint density at radius 1 is 1.14 bits per heavy atom. The molecule has 0 aliphatic heterocycles. The molecule has 2 aromatic carbocycles. The number of rotatable bonds is 8. The van der Waals surface area contributed by atoms with Crippen molar-refractivity contribution in [3.63, 3.8) is 0 Å². The third-order valence-electron chi connectivity index (χ3n) is 3.97. The minimum atomic E-state index is -4.58. The summed E-state index contributed by atoms with van der Waals surface area (Å²) in [7, 11) is -4.10. The van der Waals surface area contributed by atoms with Gasteiger partial charge in [-0.1, -0.05) is 13.0 Å². The molecule has 158 valence electrons. The highest BCUT2D eigenvalue weighted by molar-refractivity contribution is 7.92. The van der Waals surface area contributed by atoms with E-state index in [-0.39, 0.29) is 34.9 Å². The molecule has 2 aromatic rings. The maximum Gasteiger partial charge on any atom is 0.416 e. The van der Waals surface area contributed by atoms with Crippen LogP contribution in [0, 0.1) is 0 Å². The van der Waals surface area contributed by atoms with Gasteiger partial charge >= 0.3 is 6.18 Å². The molecule has 6 nitrogen and oxygen atoms in total. The third kappa shape index (κ3) is 6.67. The molecule has 0 heterocycles. The van der Waals surface area contributed by atoms with Gasteiger partial charge in [-0.05, 0) is 55.8 Å². The van der Waals surface area contributed by atoms with E-state index in [1.54, 1.807) is 0 Å². The van der Waals surface area contributed by atoms with E-state index in [0.717, 1.165) is 18.6 Å². The van der Waals surface area contributed by atoms with Crippen molar-refractivity contribution in [3.8, 4) is 5.75 Å². The number of nitrogens with one attached hydrogen (secondary N) is 2. The van der Waals surface area contributed by atoms with Gasteiger partial charge in [0.05, 0.1) is 10.5 Å². The predicted octanol–water partition coefficient (Wildman–Crippen LogP) is 3.80. The van der Waals surface area contributed by atoms with Crippen molar-refractivity contribution in [2.24, 2.45) is 0 Å². The van der Waals surface area contributed by atoms with Crippen molar-refractivity contribution >= 4 is 21.6 Å². The molecule has 0 spiro atoms. The lowest BCUT2D eigenvalue weighted by molar-refractivity contribution is -0.137. The first-order valence-corrected chi connectivity index (χ1v) is 10.2. The van der Waals surface area contributed by atoms with Gasteiger partial charge in [-0.2, -0.15) is 13.2 Å². The first-order valence-electron chi connectivity index (χ1n) is 8.73. The summed E-state index contributed by atoms with van der Waals surface area (Å²) in [5.74, 6) is -0.0235. The standard InChI is InChI=1S/C19H21F3N2O4S/c1-3-13(2)23-18(25)12-28-16-7-9-17(10-8-16)29(26,27)24-15-6-4-5-14(11-15)19(20,21)22/h4-11,13,24H,3,12H2,1-2H3,(H,23,25)/t13-/m1/s1. The number of hydrogen-bond donors (Lipinski definition) is 2. The Morgan fingerprint density at radius 3 is 2.38 bits per heavy atom. The van der Waals surface area contributed by atoms with Crippen LogP contribution in [0.5, 0.6) is 5.75 Å². The molecule has 2 N–H and O–H groups in total. The average Bonchev–Trinajstić information content (AvgIpc) is 2.66. The second-order valence-electron chi connectivity index (χ2n) is 6.32. The van der Waals surface area contributed by atoms with Crippen LogP contribution in [0.1, 0.15) is 25.8 Å². The van der Waals surface area contributed by atoms with Crippen LogP contribution < -0.4 is 14.8 Å². The van der Waals surface area contributed by atoms with Crippen LogP contribution in [0.15, 0.2) is 53.4 Å². The molecule has 0 unspecified atom stereocenters. The Kier molecular flexibility index (Phi) is 7.12. The summed E-state index contributed by atoms with van der Waals surface area (Å²) in [6.45, 7) is 3.56. The lowest BCUT2D eigenvalue weighted by Crippen LogP contribution is -2.35. The van der Waals surface area contributed by atoms with Gasteiger partial charge in [-0.3, -0.25) is 9.52 Å². The SMILES string of the molecule is CC[C@@H](C)NC(=O)COc1ccc(S(=O)(=O)Nc2cccc(C(F)(F)F)c2)cc1. The minimum absolute atomic E-state index is 0.0144. The van der Waals surface area contributed by atoms with Crippen LogP contribution >= 0.6 is 0 Å². The number of amides is 1. The highest BCUT2D eigenvalue weighted by Gasteiger charge is 2.30. The van der Waals surface area contributed by atoms with E-state index in [9.17, 15) is 26.4 Å². The number of ether oxygens (including phenoxy) is 1. The summed E-state index contributed by atoms with van der Waals surface area (Å²) in [5.41, 5.74) is -1.17. The van der Waals surface area contributed by atoms with Gasteiger partial charge in [0, 0.05) is 11.7 Å². The molecule has 0 bridgehead atoms. The van der Waals surface area contributed by atoms with Crippen molar-refractivity contribution in [3.05, 3.63) is 54.1 Å². The molecule has 29 heavy (non-hydrogen) atoms. The fourth-order valence-electron chi connectivity index (χ4n) is 2.26. The average molecular weight is 430 g/mol. The molecule has 0 saturated heterocycles. The van der Waals surface area contributed by atoms with E-state index in [1.165, 1.54) is 30.3 Å². The van der Waals surface area contributed by atoms with Gasteiger partial charge < -0.3 is 10.1 Å². The summed E-state index contributed by atoms with van der Waals surface area (Å²) in [4.78, 5) is 11.5. The van der Waals surface area contributed by atoms with E-state index >= 15 is 0 Å². The normalized spacial score (nSPS) is 12.9. The molecular formula is C19H21F3N2O4S. The molecule has 1 amide bonds. The molecular weight excluding hydrogens is 409 g/mol. The number of halogens is 3. The Labute approximate surface area is 167 Å². The van der Waals surface area contributed by atoms with Crippen LogP contribution in [0.3, 0.4) is 0 Å². The first kappa shape index (κ1) is 22.5. The molecule has 1 atom stereocenters. The van der Waals surface area contributed by atoms with E-state index in [2.05, 4.69) is 10.0 Å². The molecule has 0 aromatic heterocycles. The highest BCUT2D eigenvalue weighted by atomic mass is 32.2. The summed E-state index contributed by atoms with van der Waals surface area (Å²) in [5, 5.41) is 2.73. The van der Waals surface area contributed by atoms with Crippen LogP contribution in [-0.2, 0) is 21.0 Å².